The molecule has 1 aliphatic heterocycles. The molecule has 0 spiro atoms. The molecule has 1 saturated heterocycles. The summed E-state index contributed by atoms with van der Waals surface area (Å²) in [5.74, 6) is -0.286. The van der Waals surface area contributed by atoms with E-state index < -0.39 is 16.8 Å². The van der Waals surface area contributed by atoms with Crippen LogP contribution in [0.25, 0.3) is 0 Å². The van der Waals surface area contributed by atoms with Crippen molar-refractivity contribution in [1.82, 2.24) is 5.32 Å². The molecule has 0 radical (unpaired) electrons. The molecule has 7 nitrogen and oxygen atoms in total. The third-order valence-corrected chi connectivity index (χ3v) is 4.02. The molecule has 1 aromatic heterocycles. The number of rotatable bonds is 5. The molecule has 126 valence electrons. The first-order chi connectivity index (χ1) is 11.6. The molecule has 8 heteroatoms. The largest absolute Gasteiger partial charge is 0.467 e. The van der Waals surface area contributed by atoms with Gasteiger partial charge in [-0.05, 0) is 31.0 Å². The predicted octanol–water partition coefficient (Wildman–Crippen LogP) is 2.61. The zero-order valence-corrected chi connectivity index (χ0v) is 12.8. The van der Waals surface area contributed by atoms with Crippen molar-refractivity contribution in [3.63, 3.8) is 0 Å². The third-order valence-electron chi connectivity index (χ3n) is 4.02. The van der Waals surface area contributed by atoms with E-state index in [9.17, 15) is 19.3 Å². The fourth-order valence-corrected chi connectivity index (χ4v) is 2.88. The fraction of sp³-hybridized carbons (Fsp3) is 0.312. The number of amides is 1. The standard InChI is InChI=1S/C16H16FN3O4/c17-13-9-11(20(22)23)5-6-14(13)19-7-1-4-15(19)16(21)18-10-12-3-2-8-24-12/h2-3,5-6,8-9,15H,1,4,7,10H2,(H,18,21)/t15-/m1/s1. The van der Waals surface area contributed by atoms with E-state index in [1.165, 1.54) is 18.4 Å². The molecule has 1 aliphatic rings. The minimum absolute atomic E-state index is 0.205. The number of furan rings is 1. The second-order valence-electron chi connectivity index (χ2n) is 5.54. The number of carbonyl (C=O) groups is 1. The maximum atomic E-state index is 14.2. The first-order valence-corrected chi connectivity index (χ1v) is 7.57. The molecule has 2 aromatic rings. The Morgan fingerprint density at radius 1 is 1.46 bits per heavy atom. The smallest absolute Gasteiger partial charge is 0.272 e. The lowest BCUT2D eigenvalue weighted by Gasteiger charge is -2.26. The van der Waals surface area contributed by atoms with Crippen molar-refractivity contribution in [3.8, 4) is 0 Å². The molecule has 1 aromatic carbocycles. The number of nitro groups is 1. The highest BCUT2D eigenvalue weighted by Crippen LogP contribution is 2.30. The van der Waals surface area contributed by atoms with Crippen LogP contribution < -0.4 is 10.2 Å². The second-order valence-corrected chi connectivity index (χ2v) is 5.54. The van der Waals surface area contributed by atoms with Gasteiger partial charge in [0.2, 0.25) is 5.91 Å². The van der Waals surface area contributed by atoms with Gasteiger partial charge in [-0.15, -0.1) is 0 Å². The van der Waals surface area contributed by atoms with Crippen LogP contribution in [-0.2, 0) is 11.3 Å². The molecule has 1 amide bonds. The zero-order valence-electron chi connectivity index (χ0n) is 12.8. The summed E-state index contributed by atoms with van der Waals surface area (Å²) in [4.78, 5) is 24.1. The van der Waals surface area contributed by atoms with Crippen LogP contribution >= 0.6 is 0 Å². The van der Waals surface area contributed by atoms with Gasteiger partial charge in [0, 0.05) is 12.6 Å². The van der Waals surface area contributed by atoms with Gasteiger partial charge in [-0.2, -0.15) is 0 Å². The highest BCUT2D eigenvalue weighted by atomic mass is 19.1. The summed E-state index contributed by atoms with van der Waals surface area (Å²) in [5.41, 5.74) is -0.106. The Kier molecular flexibility index (Phi) is 4.45. The van der Waals surface area contributed by atoms with Crippen molar-refractivity contribution in [3.05, 3.63) is 58.3 Å². The highest BCUT2D eigenvalue weighted by Gasteiger charge is 2.32. The van der Waals surface area contributed by atoms with E-state index in [2.05, 4.69) is 5.32 Å². The van der Waals surface area contributed by atoms with E-state index >= 15 is 0 Å². The lowest BCUT2D eigenvalue weighted by atomic mass is 10.2. The van der Waals surface area contributed by atoms with Gasteiger partial charge < -0.3 is 14.6 Å². The number of nitrogens with zero attached hydrogens (tertiary/aromatic N) is 2. The predicted molar refractivity (Wildman–Crippen MR) is 84.0 cm³/mol. The van der Waals surface area contributed by atoms with Gasteiger partial charge in [0.1, 0.15) is 11.8 Å². The summed E-state index contributed by atoms with van der Waals surface area (Å²) in [5, 5.41) is 13.5. The van der Waals surface area contributed by atoms with E-state index in [1.54, 1.807) is 17.0 Å². The number of hydrogen-bond acceptors (Lipinski definition) is 5. The van der Waals surface area contributed by atoms with Crippen LogP contribution in [-0.4, -0.2) is 23.4 Å². The first-order valence-electron chi connectivity index (χ1n) is 7.57. The van der Waals surface area contributed by atoms with Crippen LogP contribution in [0.2, 0.25) is 0 Å². The van der Waals surface area contributed by atoms with Gasteiger partial charge in [0.15, 0.2) is 5.82 Å². The number of benzene rings is 1. The summed E-state index contributed by atoms with van der Waals surface area (Å²) in [6, 6.07) is 6.46. The summed E-state index contributed by atoms with van der Waals surface area (Å²) in [6.07, 6.45) is 2.87. The van der Waals surface area contributed by atoms with Gasteiger partial charge in [-0.1, -0.05) is 0 Å². The Hall–Kier alpha value is -2.90. The van der Waals surface area contributed by atoms with Gasteiger partial charge >= 0.3 is 0 Å². The van der Waals surface area contributed by atoms with Crippen LogP contribution in [0.1, 0.15) is 18.6 Å². The number of carbonyl (C=O) groups excluding carboxylic acids is 1. The van der Waals surface area contributed by atoms with Gasteiger partial charge in [-0.25, -0.2) is 4.39 Å². The third kappa shape index (κ3) is 3.22. The molecule has 1 atom stereocenters. The van der Waals surface area contributed by atoms with Crippen LogP contribution in [0.4, 0.5) is 15.8 Å². The Bertz CT molecular complexity index is 748. The number of non-ortho nitro benzene ring substituents is 1. The van der Waals surface area contributed by atoms with Crippen molar-refractivity contribution >= 4 is 17.3 Å². The molecule has 0 aliphatic carbocycles. The minimum Gasteiger partial charge on any atom is -0.467 e. The second kappa shape index (κ2) is 6.69. The fourth-order valence-electron chi connectivity index (χ4n) is 2.88. The van der Waals surface area contributed by atoms with Crippen molar-refractivity contribution < 1.29 is 18.5 Å². The van der Waals surface area contributed by atoms with Gasteiger partial charge in [-0.3, -0.25) is 14.9 Å². The topological polar surface area (TPSA) is 88.6 Å². The van der Waals surface area contributed by atoms with Crippen LogP contribution in [0.3, 0.4) is 0 Å². The molecule has 0 bridgehead atoms. The van der Waals surface area contributed by atoms with Crippen LogP contribution in [0.5, 0.6) is 0 Å². The van der Waals surface area contributed by atoms with Gasteiger partial charge in [0.05, 0.1) is 29.5 Å². The van der Waals surface area contributed by atoms with E-state index in [1.807, 2.05) is 0 Å². The lowest BCUT2D eigenvalue weighted by molar-refractivity contribution is -0.385. The van der Waals surface area contributed by atoms with Crippen molar-refractivity contribution in [2.75, 3.05) is 11.4 Å². The zero-order chi connectivity index (χ0) is 17.1. The van der Waals surface area contributed by atoms with E-state index in [4.69, 9.17) is 4.42 Å². The number of anilines is 1. The Morgan fingerprint density at radius 3 is 2.96 bits per heavy atom. The lowest BCUT2D eigenvalue weighted by Crippen LogP contribution is -2.43. The quantitative estimate of drug-likeness (QED) is 0.671. The number of nitro benzene ring substituents is 1. The van der Waals surface area contributed by atoms with E-state index in [0.29, 0.717) is 18.7 Å². The van der Waals surface area contributed by atoms with Crippen LogP contribution in [0, 0.1) is 15.9 Å². The molecule has 0 saturated carbocycles. The molecule has 2 heterocycles. The van der Waals surface area contributed by atoms with Crippen molar-refractivity contribution in [2.45, 2.75) is 25.4 Å². The summed E-state index contributed by atoms with van der Waals surface area (Å²) < 4.78 is 19.4. The molecule has 24 heavy (non-hydrogen) atoms. The van der Waals surface area contributed by atoms with Crippen LogP contribution in [0.15, 0.2) is 41.0 Å². The maximum absolute atomic E-state index is 14.2. The first kappa shape index (κ1) is 16.0. The SMILES string of the molecule is O=C(NCc1ccco1)[C@H]1CCCN1c1ccc([N+](=O)[O-])cc1F. The average molecular weight is 333 g/mol. The number of halogens is 1. The van der Waals surface area contributed by atoms with Crippen molar-refractivity contribution in [2.24, 2.45) is 0 Å². The molecule has 0 unspecified atom stereocenters. The van der Waals surface area contributed by atoms with Crippen molar-refractivity contribution in [1.29, 1.82) is 0 Å². The average Bonchev–Trinajstić information content (AvgIpc) is 3.24. The van der Waals surface area contributed by atoms with E-state index in [0.717, 1.165) is 12.5 Å². The molecule has 1 fully saturated rings. The molecule has 1 N–H and O–H groups in total. The summed E-state index contributed by atoms with van der Waals surface area (Å²) >= 11 is 0. The minimum atomic E-state index is -0.699. The number of nitrogens with one attached hydrogen (secondary N) is 1. The summed E-state index contributed by atoms with van der Waals surface area (Å²) in [7, 11) is 0. The summed E-state index contributed by atoms with van der Waals surface area (Å²) in [6.45, 7) is 0.784. The van der Waals surface area contributed by atoms with E-state index in [-0.39, 0.29) is 23.8 Å². The molecule has 3 rings (SSSR count). The monoisotopic (exact) mass is 333 g/mol. The Balaban J connectivity index is 1.73. The maximum Gasteiger partial charge on any atom is 0.272 e. The van der Waals surface area contributed by atoms with Gasteiger partial charge in [0.25, 0.3) is 5.69 Å². The highest BCUT2D eigenvalue weighted by molar-refractivity contribution is 5.86. The normalized spacial score (nSPS) is 17.0. The molecular weight excluding hydrogens is 317 g/mol. The number of hydrogen-bond donors (Lipinski definition) is 1. The Morgan fingerprint density at radius 2 is 2.29 bits per heavy atom. The molecular formula is C16H16FN3O4. The Labute approximate surface area is 137 Å².